The second-order valence-corrected chi connectivity index (χ2v) is 6.30. The topological polar surface area (TPSA) is 98.7 Å². The van der Waals surface area contributed by atoms with E-state index in [-0.39, 0.29) is 11.7 Å². The summed E-state index contributed by atoms with van der Waals surface area (Å²) in [6.45, 7) is 1.38. The Balaban J connectivity index is 1.77. The van der Waals surface area contributed by atoms with Crippen molar-refractivity contribution in [3.63, 3.8) is 0 Å². The van der Waals surface area contributed by atoms with Crippen LogP contribution in [-0.2, 0) is 17.6 Å². The van der Waals surface area contributed by atoms with Crippen molar-refractivity contribution in [2.45, 2.75) is 17.8 Å². The lowest BCUT2D eigenvalue weighted by Crippen LogP contribution is -2.08. The lowest BCUT2D eigenvalue weighted by atomic mass is 10.2. The van der Waals surface area contributed by atoms with E-state index in [1.807, 2.05) is 31.3 Å². The van der Waals surface area contributed by atoms with E-state index in [0.717, 1.165) is 11.3 Å². The number of rotatable bonds is 5. The van der Waals surface area contributed by atoms with Crippen LogP contribution in [0, 0.1) is 0 Å². The van der Waals surface area contributed by atoms with Crippen molar-refractivity contribution >= 4 is 35.1 Å². The van der Waals surface area contributed by atoms with Crippen LogP contribution in [0.4, 0.5) is 5.82 Å². The molecule has 1 N–H and O–H groups in total. The summed E-state index contributed by atoms with van der Waals surface area (Å²) in [6, 6.07) is 7.62. The van der Waals surface area contributed by atoms with Crippen LogP contribution < -0.4 is 5.32 Å². The van der Waals surface area contributed by atoms with Crippen molar-refractivity contribution in [2.24, 2.45) is 7.05 Å². The Morgan fingerprint density at radius 1 is 1.29 bits per heavy atom. The van der Waals surface area contributed by atoms with Crippen LogP contribution in [0.2, 0.25) is 5.02 Å². The van der Waals surface area contributed by atoms with Gasteiger partial charge in [0, 0.05) is 24.7 Å². The quantitative estimate of drug-likeness (QED) is 0.695. The molecule has 0 bridgehead atoms. The van der Waals surface area contributed by atoms with Crippen LogP contribution in [0.25, 0.3) is 11.5 Å². The number of nitrogens with one attached hydrogen (secondary N) is 1. The summed E-state index contributed by atoms with van der Waals surface area (Å²) in [5.41, 5.74) is 1.45. The second kappa shape index (κ2) is 7.02. The van der Waals surface area contributed by atoms with Gasteiger partial charge in [0.05, 0.1) is 0 Å². The lowest BCUT2D eigenvalue weighted by Gasteiger charge is -2.03. The molecule has 124 valence electrons. The van der Waals surface area contributed by atoms with Gasteiger partial charge in [0.25, 0.3) is 0 Å². The van der Waals surface area contributed by atoms with E-state index >= 15 is 0 Å². The highest BCUT2D eigenvalue weighted by Crippen LogP contribution is 2.27. The summed E-state index contributed by atoms with van der Waals surface area (Å²) in [4.78, 5) is 11.2. The number of anilines is 1. The van der Waals surface area contributed by atoms with Crippen molar-refractivity contribution in [1.82, 2.24) is 25.1 Å². The molecule has 0 radical (unpaired) electrons. The molecule has 1 aromatic carbocycles. The van der Waals surface area contributed by atoms with Gasteiger partial charge in [-0.25, -0.2) is 4.63 Å². The third-order valence-electron chi connectivity index (χ3n) is 3.11. The van der Waals surface area contributed by atoms with E-state index in [0.29, 0.717) is 21.7 Å². The maximum absolute atomic E-state index is 11.2. The van der Waals surface area contributed by atoms with E-state index in [2.05, 4.69) is 25.8 Å². The molecule has 0 unspecified atom stereocenters. The Hall–Kier alpha value is -2.39. The Labute approximate surface area is 146 Å². The van der Waals surface area contributed by atoms with Crippen LogP contribution in [0.5, 0.6) is 0 Å². The zero-order valence-electron chi connectivity index (χ0n) is 12.9. The Bertz CT molecular complexity index is 861. The highest BCUT2D eigenvalue weighted by atomic mass is 35.5. The van der Waals surface area contributed by atoms with E-state index in [9.17, 15) is 4.79 Å². The first-order chi connectivity index (χ1) is 11.5. The molecule has 1 amide bonds. The number of amides is 1. The summed E-state index contributed by atoms with van der Waals surface area (Å²) < 4.78 is 6.46. The summed E-state index contributed by atoms with van der Waals surface area (Å²) >= 11 is 7.40. The number of carbonyl (C=O) groups excluding carboxylic acids is 1. The molecule has 10 heteroatoms. The SMILES string of the molecule is CC(=O)Nc1nonc1-c1nnc(SCc2ccc(Cl)cc2)n1C. The van der Waals surface area contributed by atoms with Gasteiger partial charge >= 0.3 is 0 Å². The molecule has 0 fully saturated rings. The number of nitrogens with zero attached hydrogens (tertiary/aromatic N) is 5. The summed E-state index contributed by atoms with van der Waals surface area (Å²) in [6.07, 6.45) is 0. The molecule has 2 heterocycles. The molecule has 0 aliphatic rings. The molecule has 0 aliphatic heterocycles. The molecule has 3 aromatic rings. The van der Waals surface area contributed by atoms with Crippen molar-refractivity contribution in [1.29, 1.82) is 0 Å². The fraction of sp³-hybridized carbons (Fsp3) is 0.214. The average molecular weight is 365 g/mol. The van der Waals surface area contributed by atoms with Gasteiger partial charge in [-0.15, -0.1) is 10.2 Å². The first-order valence-corrected chi connectivity index (χ1v) is 8.28. The van der Waals surface area contributed by atoms with Gasteiger partial charge in [0.2, 0.25) is 11.7 Å². The number of halogens is 1. The van der Waals surface area contributed by atoms with Gasteiger partial charge in [0.15, 0.2) is 16.7 Å². The maximum Gasteiger partial charge on any atom is 0.222 e. The van der Waals surface area contributed by atoms with E-state index in [1.54, 1.807) is 4.57 Å². The molecule has 3 rings (SSSR count). The van der Waals surface area contributed by atoms with Crippen molar-refractivity contribution in [3.8, 4) is 11.5 Å². The van der Waals surface area contributed by atoms with Gasteiger partial charge < -0.3 is 9.88 Å². The minimum absolute atomic E-state index is 0.215. The largest absolute Gasteiger partial charge is 0.306 e. The van der Waals surface area contributed by atoms with Crippen molar-refractivity contribution in [3.05, 3.63) is 34.9 Å². The van der Waals surface area contributed by atoms with Gasteiger partial charge in [-0.05, 0) is 28.0 Å². The standard InChI is InChI=1S/C14H13ClN6O2S/c1-8(22)16-12-11(19-23-20-12)13-17-18-14(21(13)2)24-7-9-3-5-10(15)6-4-9/h3-6H,7H2,1-2H3,(H,16,20,22). The van der Waals surface area contributed by atoms with Gasteiger partial charge in [0.1, 0.15) is 0 Å². The highest BCUT2D eigenvalue weighted by molar-refractivity contribution is 7.98. The van der Waals surface area contributed by atoms with Crippen LogP contribution >= 0.6 is 23.4 Å². The first kappa shape index (κ1) is 16.5. The molecule has 0 atom stereocenters. The fourth-order valence-electron chi connectivity index (χ4n) is 1.96. The molecule has 0 saturated heterocycles. The number of benzene rings is 1. The van der Waals surface area contributed by atoms with Gasteiger partial charge in [-0.3, -0.25) is 4.79 Å². The number of hydrogen-bond donors (Lipinski definition) is 1. The normalized spacial score (nSPS) is 10.8. The molecule has 2 aromatic heterocycles. The van der Waals surface area contributed by atoms with Gasteiger partial charge in [-0.1, -0.05) is 35.5 Å². The Morgan fingerprint density at radius 3 is 2.75 bits per heavy atom. The van der Waals surface area contributed by atoms with Crippen molar-refractivity contribution < 1.29 is 9.42 Å². The van der Waals surface area contributed by atoms with E-state index in [1.165, 1.54) is 18.7 Å². The predicted molar refractivity (Wildman–Crippen MR) is 89.6 cm³/mol. The molecular weight excluding hydrogens is 352 g/mol. The molecule has 0 saturated carbocycles. The van der Waals surface area contributed by atoms with E-state index < -0.39 is 0 Å². The smallest absolute Gasteiger partial charge is 0.222 e. The number of carbonyl (C=O) groups is 1. The second-order valence-electron chi connectivity index (χ2n) is 4.92. The minimum Gasteiger partial charge on any atom is -0.306 e. The fourth-order valence-corrected chi connectivity index (χ4v) is 2.95. The number of thioether (sulfide) groups is 1. The highest BCUT2D eigenvalue weighted by Gasteiger charge is 2.20. The van der Waals surface area contributed by atoms with Crippen molar-refractivity contribution in [2.75, 3.05) is 5.32 Å². The van der Waals surface area contributed by atoms with Crippen LogP contribution in [0.15, 0.2) is 34.1 Å². The van der Waals surface area contributed by atoms with Gasteiger partial charge in [-0.2, -0.15) is 0 Å². The predicted octanol–water partition coefficient (Wildman–Crippen LogP) is 2.77. The lowest BCUT2D eigenvalue weighted by molar-refractivity contribution is -0.114. The number of aromatic nitrogens is 5. The minimum atomic E-state index is -0.272. The van der Waals surface area contributed by atoms with E-state index in [4.69, 9.17) is 16.2 Å². The third-order valence-corrected chi connectivity index (χ3v) is 4.45. The molecule has 24 heavy (non-hydrogen) atoms. The number of hydrogen-bond acceptors (Lipinski definition) is 7. The summed E-state index contributed by atoms with van der Waals surface area (Å²) in [5, 5.41) is 19.7. The summed E-state index contributed by atoms with van der Waals surface area (Å²) in [7, 11) is 1.81. The van der Waals surface area contributed by atoms with Crippen LogP contribution in [0.1, 0.15) is 12.5 Å². The van der Waals surface area contributed by atoms with Crippen LogP contribution in [-0.4, -0.2) is 31.0 Å². The molecule has 0 aliphatic carbocycles. The Morgan fingerprint density at radius 2 is 2.04 bits per heavy atom. The Kier molecular flexibility index (Phi) is 4.81. The average Bonchev–Trinajstić information content (AvgIpc) is 3.13. The monoisotopic (exact) mass is 364 g/mol. The maximum atomic E-state index is 11.2. The zero-order chi connectivity index (χ0) is 17.1. The molecule has 0 spiro atoms. The summed E-state index contributed by atoms with van der Waals surface area (Å²) in [5.74, 6) is 1.12. The third kappa shape index (κ3) is 3.57. The zero-order valence-corrected chi connectivity index (χ0v) is 14.4. The first-order valence-electron chi connectivity index (χ1n) is 6.91. The van der Waals surface area contributed by atoms with Crippen LogP contribution in [0.3, 0.4) is 0 Å². The molecular formula is C14H13ClN6O2S. The molecule has 8 nitrogen and oxygen atoms in total.